The molecule has 156 valence electrons. The van der Waals surface area contributed by atoms with Gasteiger partial charge in [0, 0.05) is 18.7 Å². The van der Waals surface area contributed by atoms with Gasteiger partial charge in [-0.25, -0.2) is 0 Å². The normalized spacial score (nSPS) is 11.8. The Hall–Kier alpha value is -3.04. The predicted octanol–water partition coefficient (Wildman–Crippen LogP) is 4.41. The largest absolute Gasteiger partial charge is 0.416 e. The lowest BCUT2D eigenvalue weighted by Crippen LogP contribution is -2.29. The van der Waals surface area contributed by atoms with E-state index in [0.29, 0.717) is 12.1 Å². The second-order valence-electron chi connectivity index (χ2n) is 6.11. The molecule has 0 unspecified atom stereocenters. The van der Waals surface area contributed by atoms with Crippen molar-refractivity contribution in [2.24, 2.45) is 0 Å². The molecule has 29 heavy (non-hydrogen) atoms. The molecule has 4 nitrogen and oxygen atoms in total. The fourth-order valence-corrected chi connectivity index (χ4v) is 2.41. The summed E-state index contributed by atoms with van der Waals surface area (Å²) in [6.07, 6.45) is -10.3. The van der Waals surface area contributed by atoms with E-state index in [9.17, 15) is 35.9 Å². The summed E-state index contributed by atoms with van der Waals surface area (Å²) < 4.78 is 76.9. The van der Waals surface area contributed by atoms with Crippen LogP contribution in [0.1, 0.15) is 23.1 Å². The van der Waals surface area contributed by atoms with Gasteiger partial charge in [-0.3, -0.25) is 9.59 Å². The van der Waals surface area contributed by atoms with Crippen LogP contribution in [0.15, 0.2) is 48.5 Å². The molecule has 0 fully saturated rings. The van der Waals surface area contributed by atoms with Crippen molar-refractivity contribution in [1.82, 2.24) is 5.32 Å². The highest BCUT2D eigenvalue weighted by Gasteiger charge is 2.37. The minimum absolute atomic E-state index is 0.0283. The van der Waals surface area contributed by atoms with Gasteiger partial charge in [0.1, 0.15) is 0 Å². The van der Waals surface area contributed by atoms with Crippen LogP contribution >= 0.6 is 0 Å². The molecule has 0 aromatic heterocycles. The number of rotatable bonds is 6. The van der Waals surface area contributed by atoms with Gasteiger partial charge in [-0.05, 0) is 23.8 Å². The predicted molar refractivity (Wildman–Crippen MR) is 92.8 cm³/mol. The lowest BCUT2D eigenvalue weighted by atomic mass is 10.1. The van der Waals surface area contributed by atoms with Crippen LogP contribution in [-0.4, -0.2) is 18.4 Å². The minimum atomic E-state index is -5.01. The smallest absolute Gasteiger partial charge is 0.355 e. The van der Waals surface area contributed by atoms with Crippen molar-refractivity contribution in [2.75, 3.05) is 11.9 Å². The van der Waals surface area contributed by atoms with E-state index >= 15 is 0 Å². The maximum absolute atomic E-state index is 12.8. The molecule has 0 bridgehead atoms. The van der Waals surface area contributed by atoms with Crippen LogP contribution in [0.4, 0.5) is 32.0 Å². The number of anilines is 1. The number of hydrogen-bond acceptors (Lipinski definition) is 2. The molecule has 0 heterocycles. The average Bonchev–Trinajstić information content (AvgIpc) is 2.60. The SMILES string of the molecule is O=C(Cc1ccccc1)NCCC(=O)Nc1cc(C(F)(F)F)cc(C(F)(F)F)c1. The van der Waals surface area contributed by atoms with Crippen molar-refractivity contribution in [2.45, 2.75) is 25.2 Å². The molecule has 2 aromatic carbocycles. The third-order valence-corrected chi connectivity index (χ3v) is 3.75. The standard InChI is InChI=1S/C19H16F6N2O2/c20-18(21,22)13-9-14(19(23,24)25)11-15(10-13)27-16(28)6-7-26-17(29)8-12-4-2-1-3-5-12/h1-5,9-11H,6-8H2,(H,26,29)(H,27,28). The van der Waals surface area contributed by atoms with Crippen LogP contribution in [0.5, 0.6) is 0 Å². The first kappa shape index (κ1) is 22.3. The molecule has 0 saturated carbocycles. The van der Waals surface area contributed by atoms with Crippen LogP contribution in [0.25, 0.3) is 0 Å². The molecule has 2 rings (SSSR count). The Balaban J connectivity index is 1.95. The molecule has 0 aliphatic carbocycles. The third kappa shape index (κ3) is 7.13. The van der Waals surface area contributed by atoms with Crippen LogP contribution in [-0.2, 0) is 28.4 Å². The van der Waals surface area contributed by atoms with Gasteiger partial charge in [0.05, 0.1) is 17.5 Å². The average molecular weight is 418 g/mol. The number of carbonyl (C=O) groups is 2. The summed E-state index contributed by atoms with van der Waals surface area (Å²) in [6.45, 7) is -0.122. The van der Waals surface area contributed by atoms with E-state index in [0.717, 1.165) is 5.56 Å². The molecule has 2 aromatic rings. The lowest BCUT2D eigenvalue weighted by Gasteiger charge is -2.15. The Bertz CT molecular complexity index is 831. The number of halogens is 6. The molecule has 2 N–H and O–H groups in total. The van der Waals surface area contributed by atoms with E-state index in [1.165, 1.54) is 0 Å². The van der Waals surface area contributed by atoms with Crippen molar-refractivity contribution < 1.29 is 35.9 Å². The van der Waals surface area contributed by atoms with E-state index in [2.05, 4.69) is 5.32 Å². The molecule has 0 saturated heterocycles. The third-order valence-electron chi connectivity index (χ3n) is 3.75. The fourth-order valence-electron chi connectivity index (χ4n) is 2.41. The highest BCUT2D eigenvalue weighted by molar-refractivity contribution is 5.91. The summed E-state index contributed by atoms with van der Waals surface area (Å²) in [7, 11) is 0. The molecule has 0 spiro atoms. The summed E-state index contributed by atoms with van der Waals surface area (Å²) in [5, 5.41) is 4.46. The van der Waals surface area contributed by atoms with Gasteiger partial charge in [-0.15, -0.1) is 0 Å². The molecular weight excluding hydrogens is 402 g/mol. The molecule has 10 heteroatoms. The molecule has 0 atom stereocenters. The number of amides is 2. The van der Waals surface area contributed by atoms with Gasteiger partial charge >= 0.3 is 12.4 Å². The quantitative estimate of drug-likeness (QED) is 0.683. The number of alkyl halides is 6. The summed E-state index contributed by atoms with van der Waals surface area (Å²) >= 11 is 0. The molecule has 0 aliphatic rings. The number of nitrogens with one attached hydrogen (secondary N) is 2. The van der Waals surface area contributed by atoms with Crippen LogP contribution in [0.3, 0.4) is 0 Å². The second-order valence-corrected chi connectivity index (χ2v) is 6.11. The van der Waals surface area contributed by atoms with Gasteiger partial charge in [0.25, 0.3) is 0 Å². The van der Waals surface area contributed by atoms with Gasteiger partial charge in [0.15, 0.2) is 0 Å². The monoisotopic (exact) mass is 418 g/mol. The Labute approximate surface area is 161 Å². The van der Waals surface area contributed by atoms with E-state index in [-0.39, 0.29) is 31.4 Å². The first-order valence-corrected chi connectivity index (χ1v) is 8.35. The number of benzene rings is 2. The van der Waals surface area contributed by atoms with Crippen LogP contribution < -0.4 is 10.6 Å². The fraction of sp³-hybridized carbons (Fsp3) is 0.263. The summed E-state index contributed by atoms with van der Waals surface area (Å²) in [4.78, 5) is 23.6. The lowest BCUT2D eigenvalue weighted by molar-refractivity contribution is -0.143. The van der Waals surface area contributed by atoms with Crippen molar-refractivity contribution in [1.29, 1.82) is 0 Å². The van der Waals surface area contributed by atoms with Crippen molar-refractivity contribution >= 4 is 17.5 Å². The molecule has 2 amide bonds. The zero-order valence-electron chi connectivity index (χ0n) is 14.8. The molecular formula is C19H16F6N2O2. The first-order chi connectivity index (χ1) is 13.4. The Morgan fingerprint density at radius 1 is 0.793 bits per heavy atom. The van der Waals surface area contributed by atoms with E-state index in [1.54, 1.807) is 30.3 Å². The summed E-state index contributed by atoms with van der Waals surface area (Å²) in [6, 6.07) is 9.56. The van der Waals surface area contributed by atoms with Crippen molar-refractivity contribution in [3.63, 3.8) is 0 Å². The van der Waals surface area contributed by atoms with E-state index in [1.807, 2.05) is 5.32 Å². The van der Waals surface area contributed by atoms with Crippen molar-refractivity contribution in [3.8, 4) is 0 Å². The molecule has 0 aliphatic heterocycles. The highest BCUT2D eigenvalue weighted by atomic mass is 19.4. The Kier molecular flexibility index (Phi) is 6.89. The van der Waals surface area contributed by atoms with Gasteiger partial charge in [0.2, 0.25) is 11.8 Å². The van der Waals surface area contributed by atoms with Crippen molar-refractivity contribution in [3.05, 3.63) is 65.2 Å². The number of carbonyl (C=O) groups excluding carboxylic acids is 2. The second kappa shape index (κ2) is 8.97. The maximum Gasteiger partial charge on any atom is 0.416 e. The maximum atomic E-state index is 12.8. The van der Waals surface area contributed by atoms with Gasteiger partial charge in [-0.1, -0.05) is 30.3 Å². The van der Waals surface area contributed by atoms with E-state index in [4.69, 9.17) is 0 Å². The zero-order chi connectivity index (χ0) is 21.7. The zero-order valence-corrected chi connectivity index (χ0v) is 14.8. The molecule has 0 radical (unpaired) electrons. The summed E-state index contributed by atoms with van der Waals surface area (Å²) in [5.41, 5.74) is -2.94. The Morgan fingerprint density at radius 3 is 1.86 bits per heavy atom. The van der Waals surface area contributed by atoms with Gasteiger partial charge in [-0.2, -0.15) is 26.3 Å². The number of hydrogen-bond donors (Lipinski definition) is 2. The topological polar surface area (TPSA) is 58.2 Å². The first-order valence-electron chi connectivity index (χ1n) is 8.35. The van der Waals surface area contributed by atoms with E-state index < -0.39 is 35.1 Å². The highest BCUT2D eigenvalue weighted by Crippen LogP contribution is 2.37. The van der Waals surface area contributed by atoms with Gasteiger partial charge < -0.3 is 10.6 Å². The van der Waals surface area contributed by atoms with Crippen LogP contribution in [0, 0.1) is 0 Å². The summed E-state index contributed by atoms with van der Waals surface area (Å²) in [5.74, 6) is -1.21. The minimum Gasteiger partial charge on any atom is -0.355 e. The van der Waals surface area contributed by atoms with Crippen LogP contribution in [0.2, 0.25) is 0 Å². The Morgan fingerprint density at radius 2 is 1.34 bits per heavy atom.